The molecule has 110 valence electrons. The van der Waals surface area contributed by atoms with Gasteiger partial charge in [-0.1, -0.05) is 35.9 Å². The van der Waals surface area contributed by atoms with E-state index in [1.165, 1.54) is 0 Å². The number of hydrogen-bond donors (Lipinski definition) is 1. The van der Waals surface area contributed by atoms with Crippen molar-refractivity contribution in [2.45, 2.75) is 13.8 Å². The monoisotopic (exact) mass is 311 g/mol. The van der Waals surface area contributed by atoms with Crippen molar-refractivity contribution in [3.05, 3.63) is 64.2 Å². The summed E-state index contributed by atoms with van der Waals surface area (Å²) in [5.74, 6) is -0.982. The molecule has 0 bridgehead atoms. The highest BCUT2D eigenvalue weighted by molar-refractivity contribution is 6.31. The van der Waals surface area contributed by atoms with Crippen LogP contribution in [0.4, 0.5) is 0 Å². The Morgan fingerprint density at radius 1 is 1.09 bits per heavy atom. The Balaban J connectivity index is 2.40. The molecule has 22 heavy (non-hydrogen) atoms. The largest absolute Gasteiger partial charge is 0.478 e. The number of carboxylic acids is 1. The van der Waals surface area contributed by atoms with Crippen molar-refractivity contribution in [1.29, 1.82) is 0 Å². The van der Waals surface area contributed by atoms with Crippen LogP contribution < -0.4 is 0 Å². The van der Waals surface area contributed by atoms with Gasteiger partial charge in [0.2, 0.25) is 0 Å². The summed E-state index contributed by atoms with van der Waals surface area (Å²) >= 11 is 6.06. The van der Waals surface area contributed by atoms with Crippen molar-refractivity contribution in [3.8, 4) is 11.3 Å². The molecule has 3 aromatic rings. The molecule has 1 N–H and O–H groups in total. The summed E-state index contributed by atoms with van der Waals surface area (Å²) in [7, 11) is 0. The first-order valence-electron chi connectivity index (χ1n) is 6.87. The third-order valence-corrected chi connectivity index (χ3v) is 3.94. The predicted molar refractivity (Wildman–Crippen MR) is 88.6 cm³/mol. The lowest BCUT2D eigenvalue weighted by atomic mass is 10.00. The van der Waals surface area contributed by atoms with Crippen LogP contribution in [0.2, 0.25) is 5.02 Å². The molecule has 3 nitrogen and oxygen atoms in total. The van der Waals surface area contributed by atoms with Gasteiger partial charge >= 0.3 is 5.97 Å². The van der Waals surface area contributed by atoms with E-state index in [9.17, 15) is 9.90 Å². The van der Waals surface area contributed by atoms with Gasteiger partial charge in [-0.15, -0.1) is 0 Å². The Kier molecular flexibility index (Phi) is 3.59. The van der Waals surface area contributed by atoms with Crippen LogP contribution in [0, 0.1) is 13.8 Å². The summed E-state index contributed by atoms with van der Waals surface area (Å²) in [5, 5.41) is 10.6. The second-order valence-electron chi connectivity index (χ2n) is 5.29. The fourth-order valence-electron chi connectivity index (χ4n) is 2.63. The number of carbonyl (C=O) groups is 1. The number of halogens is 1. The Bertz CT molecular complexity index is 903. The number of aromatic nitrogens is 1. The second-order valence-corrected chi connectivity index (χ2v) is 5.73. The number of nitrogens with zero attached hydrogens (tertiary/aromatic N) is 1. The first-order chi connectivity index (χ1) is 10.5. The molecule has 0 aliphatic rings. The van der Waals surface area contributed by atoms with Crippen LogP contribution in [0.1, 0.15) is 21.5 Å². The van der Waals surface area contributed by atoms with Crippen molar-refractivity contribution in [2.24, 2.45) is 0 Å². The maximum atomic E-state index is 11.6. The van der Waals surface area contributed by atoms with Crippen LogP contribution in [0.3, 0.4) is 0 Å². The lowest BCUT2D eigenvalue weighted by Crippen LogP contribution is -2.01. The first-order valence-corrected chi connectivity index (χ1v) is 7.25. The van der Waals surface area contributed by atoms with E-state index in [-0.39, 0.29) is 5.56 Å². The third kappa shape index (κ3) is 2.44. The standard InChI is InChI=1S/C18H14ClNO2/c1-10-5-3-4-6-13(10)16-9-15(18(21)22)14-8-12(19)7-11(2)17(14)20-16/h3-9H,1-2H3,(H,21,22). The van der Waals surface area contributed by atoms with Crippen LogP contribution in [-0.4, -0.2) is 16.1 Å². The SMILES string of the molecule is Cc1ccccc1-c1cc(C(=O)O)c2cc(Cl)cc(C)c2n1. The first kappa shape index (κ1) is 14.5. The number of benzene rings is 2. The highest BCUT2D eigenvalue weighted by Crippen LogP contribution is 2.30. The van der Waals surface area contributed by atoms with Gasteiger partial charge in [0.15, 0.2) is 0 Å². The minimum absolute atomic E-state index is 0.217. The molecule has 1 aromatic heterocycles. The van der Waals surface area contributed by atoms with Crippen LogP contribution in [0.15, 0.2) is 42.5 Å². The summed E-state index contributed by atoms with van der Waals surface area (Å²) in [4.78, 5) is 16.3. The van der Waals surface area contributed by atoms with Gasteiger partial charge in [0.25, 0.3) is 0 Å². The van der Waals surface area contributed by atoms with E-state index < -0.39 is 5.97 Å². The Morgan fingerprint density at radius 3 is 2.50 bits per heavy atom. The molecule has 4 heteroatoms. The molecule has 2 aromatic carbocycles. The fourth-order valence-corrected chi connectivity index (χ4v) is 2.90. The van der Waals surface area contributed by atoms with Crippen LogP contribution >= 0.6 is 11.6 Å². The molecule has 0 atom stereocenters. The van der Waals surface area contributed by atoms with E-state index in [0.29, 0.717) is 21.6 Å². The Morgan fingerprint density at radius 2 is 1.82 bits per heavy atom. The summed E-state index contributed by atoms with van der Waals surface area (Å²) < 4.78 is 0. The van der Waals surface area contributed by atoms with Gasteiger partial charge in [-0.3, -0.25) is 0 Å². The van der Waals surface area contributed by atoms with Crippen molar-refractivity contribution in [2.75, 3.05) is 0 Å². The molecule has 0 radical (unpaired) electrons. The van der Waals surface area contributed by atoms with E-state index in [4.69, 9.17) is 11.6 Å². The number of aromatic carboxylic acids is 1. The van der Waals surface area contributed by atoms with Gasteiger partial charge in [-0.25, -0.2) is 9.78 Å². The van der Waals surface area contributed by atoms with E-state index in [1.807, 2.05) is 38.1 Å². The lowest BCUT2D eigenvalue weighted by Gasteiger charge is -2.11. The number of hydrogen-bond acceptors (Lipinski definition) is 2. The molecule has 3 rings (SSSR count). The van der Waals surface area contributed by atoms with E-state index in [0.717, 1.165) is 16.7 Å². The Hall–Kier alpha value is -2.39. The minimum atomic E-state index is -0.982. The van der Waals surface area contributed by atoms with Gasteiger partial charge in [0.05, 0.1) is 16.8 Å². The zero-order chi connectivity index (χ0) is 15.9. The van der Waals surface area contributed by atoms with Crippen LogP contribution in [0.5, 0.6) is 0 Å². The number of aryl methyl sites for hydroxylation is 2. The molecular formula is C18H14ClNO2. The fraction of sp³-hybridized carbons (Fsp3) is 0.111. The number of rotatable bonds is 2. The van der Waals surface area contributed by atoms with Crippen molar-refractivity contribution < 1.29 is 9.90 Å². The number of fused-ring (bicyclic) bond motifs is 1. The summed E-state index contributed by atoms with van der Waals surface area (Å²) in [6, 6.07) is 12.9. The number of carboxylic acid groups (broad SMARTS) is 1. The topological polar surface area (TPSA) is 50.2 Å². The lowest BCUT2D eigenvalue weighted by molar-refractivity contribution is 0.0699. The molecule has 0 unspecified atom stereocenters. The third-order valence-electron chi connectivity index (χ3n) is 3.72. The molecule has 0 saturated carbocycles. The normalized spacial score (nSPS) is 10.9. The second kappa shape index (κ2) is 5.43. The highest BCUT2D eigenvalue weighted by atomic mass is 35.5. The summed E-state index contributed by atoms with van der Waals surface area (Å²) in [6.07, 6.45) is 0. The average Bonchev–Trinajstić information content (AvgIpc) is 2.46. The van der Waals surface area contributed by atoms with Crippen molar-refractivity contribution in [3.63, 3.8) is 0 Å². The highest BCUT2D eigenvalue weighted by Gasteiger charge is 2.15. The maximum absolute atomic E-state index is 11.6. The smallest absolute Gasteiger partial charge is 0.336 e. The molecule has 0 amide bonds. The molecule has 0 aliphatic carbocycles. The molecule has 0 fully saturated rings. The summed E-state index contributed by atoms with van der Waals surface area (Å²) in [6.45, 7) is 3.87. The van der Waals surface area contributed by atoms with Gasteiger partial charge < -0.3 is 5.11 Å². The zero-order valence-corrected chi connectivity index (χ0v) is 13.0. The van der Waals surface area contributed by atoms with Crippen molar-refractivity contribution in [1.82, 2.24) is 4.98 Å². The minimum Gasteiger partial charge on any atom is -0.478 e. The van der Waals surface area contributed by atoms with E-state index >= 15 is 0 Å². The van der Waals surface area contributed by atoms with Gasteiger partial charge in [0, 0.05) is 16.0 Å². The van der Waals surface area contributed by atoms with Crippen molar-refractivity contribution >= 4 is 28.5 Å². The maximum Gasteiger partial charge on any atom is 0.336 e. The average molecular weight is 312 g/mol. The van der Waals surface area contributed by atoms with Crippen LogP contribution in [0.25, 0.3) is 22.2 Å². The van der Waals surface area contributed by atoms with Gasteiger partial charge in [-0.05, 0) is 43.2 Å². The molecule has 0 saturated heterocycles. The number of pyridine rings is 1. The molecular weight excluding hydrogens is 298 g/mol. The van der Waals surface area contributed by atoms with Crippen LogP contribution in [-0.2, 0) is 0 Å². The quantitative estimate of drug-likeness (QED) is 0.734. The van der Waals surface area contributed by atoms with Gasteiger partial charge in [-0.2, -0.15) is 0 Å². The Labute approximate surface area is 133 Å². The van der Waals surface area contributed by atoms with E-state index in [1.54, 1.807) is 18.2 Å². The zero-order valence-electron chi connectivity index (χ0n) is 12.2. The summed E-state index contributed by atoms with van der Waals surface area (Å²) in [5.41, 5.74) is 4.39. The van der Waals surface area contributed by atoms with E-state index in [2.05, 4.69) is 4.98 Å². The van der Waals surface area contributed by atoms with Gasteiger partial charge in [0.1, 0.15) is 0 Å². The molecule has 1 heterocycles. The molecule has 0 aliphatic heterocycles. The molecule has 0 spiro atoms. The predicted octanol–water partition coefficient (Wildman–Crippen LogP) is 4.87.